The van der Waals surface area contributed by atoms with Gasteiger partial charge >= 0.3 is 0 Å². The van der Waals surface area contributed by atoms with Gasteiger partial charge in [0.2, 0.25) is 5.91 Å². The lowest BCUT2D eigenvalue weighted by atomic mass is 9.96. The maximum atomic E-state index is 12.2. The van der Waals surface area contributed by atoms with Gasteiger partial charge in [0.1, 0.15) is 0 Å². The van der Waals surface area contributed by atoms with Gasteiger partial charge in [-0.05, 0) is 40.0 Å². The highest BCUT2D eigenvalue weighted by Crippen LogP contribution is 2.18. The van der Waals surface area contributed by atoms with Gasteiger partial charge in [0.25, 0.3) is 0 Å². The van der Waals surface area contributed by atoms with E-state index >= 15 is 0 Å². The van der Waals surface area contributed by atoms with E-state index in [9.17, 15) is 9.90 Å². The third-order valence-corrected chi connectivity index (χ3v) is 3.54. The summed E-state index contributed by atoms with van der Waals surface area (Å²) >= 11 is 0. The van der Waals surface area contributed by atoms with Gasteiger partial charge in [-0.1, -0.05) is 0 Å². The van der Waals surface area contributed by atoms with E-state index in [1.807, 2.05) is 13.8 Å². The van der Waals surface area contributed by atoms with Crippen LogP contribution in [0.5, 0.6) is 0 Å². The number of likely N-dealkylation sites (N-methyl/N-ethyl adjacent to an activating group) is 1. The molecule has 1 amide bonds. The van der Waals surface area contributed by atoms with Gasteiger partial charge in [-0.25, -0.2) is 0 Å². The standard InChI is InChI=1S/C12H24N2O2/c1-9-6-5-7-10(13-9)11(16)14(4)12(2,3)8-15/h9-10,13,15H,5-8H2,1-4H3. The van der Waals surface area contributed by atoms with Crippen molar-refractivity contribution >= 4 is 5.91 Å². The van der Waals surface area contributed by atoms with Crippen molar-refractivity contribution < 1.29 is 9.90 Å². The van der Waals surface area contributed by atoms with Crippen LogP contribution in [-0.4, -0.2) is 47.2 Å². The first-order valence-corrected chi connectivity index (χ1v) is 6.03. The molecule has 1 fully saturated rings. The molecule has 4 heteroatoms. The highest BCUT2D eigenvalue weighted by molar-refractivity contribution is 5.82. The van der Waals surface area contributed by atoms with Gasteiger partial charge in [0.15, 0.2) is 0 Å². The lowest BCUT2D eigenvalue weighted by Gasteiger charge is -2.38. The van der Waals surface area contributed by atoms with Crippen molar-refractivity contribution in [1.82, 2.24) is 10.2 Å². The third kappa shape index (κ3) is 2.95. The molecule has 0 aromatic heterocycles. The Morgan fingerprint density at radius 3 is 2.62 bits per heavy atom. The Kier molecular flexibility index (Phi) is 4.33. The van der Waals surface area contributed by atoms with Crippen LogP contribution in [0, 0.1) is 0 Å². The van der Waals surface area contributed by atoms with Crippen molar-refractivity contribution in [3.63, 3.8) is 0 Å². The zero-order valence-electron chi connectivity index (χ0n) is 10.8. The zero-order chi connectivity index (χ0) is 12.3. The highest BCUT2D eigenvalue weighted by atomic mass is 16.3. The third-order valence-electron chi connectivity index (χ3n) is 3.54. The number of rotatable bonds is 3. The van der Waals surface area contributed by atoms with Crippen LogP contribution in [0.25, 0.3) is 0 Å². The molecule has 1 aliphatic heterocycles. The van der Waals surface area contributed by atoms with Crippen molar-refractivity contribution in [3.8, 4) is 0 Å². The predicted octanol–water partition coefficient (Wildman–Crippen LogP) is 0.746. The second-order valence-corrected chi connectivity index (χ2v) is 5.42. The first-order chi connectivity index (χ1) is 7.38. The molecule has 0 radical (unpaired) electrons. The quantitative estimate of drug-likeness (QED) is 0.749. The van der Waals surface area contributed by atoms with Crippen LogP contribution < -0.4 is 5.32 Å². The van der Waals surface area contributed by atoms with Crippen LogP contribution in [0.15, 0.2) is 0 Å². The zero-order valence-corrected chi connectivity index (χ0v) is 10.8. The van der Waals surface area contributed by atoms with Crippen molar-refractivity contribution in [1.29, 1.82) is 0 Å². The fraction of sp³-hybridized carbons (Fsp3) is 0.917. The molecule has 2 N–H and O–H groups in total. The van der Waals surface area contributed by atoms with Crippen LogP contribution in [-0.2, 0) is 4.79 Å². The molecule has 0 aromatic rings. The molecule has 4 nitrogen and oxygen atoms in total. The number of amides is 1. The van der Waals surface area contributed by atoms with E-state index < -0.39 is 5.54 Å². The van der Waals surface area contributed by atoms with E-state index in [1.54, 1.807) is 11.9 Å². The molecular weight excluding hydrogens is 204 g/mol. The summed E-state index contributed by atoms with van der Waals surface area (Å²) in [6.07, 6.45) is 3.13. The van der Waals surface area contributed by atoms with Crippen molar-refractivity contribution in [2.45, 2.75) is 57.7 Å². The Labute approximate surface area is 98.0 Å². The van der Waals surface area contributed by atoms with Crippen molar-refractivity contribution in [2.24, 2.45) is 0 Å². The van der Waals surface area contributed by atoms with Crippen LogP contribution >= 0.6 is 0 Å². The monoisotopic (exact) mass is 228 g/mol. The van der Waals surface area contributed by atoms with E-state index in [0.29, 0.717) is 6.04 Å². The summed E-state index contributed by atoms with van der Waals surface area (Å²) in [7, 11) is 1.76. The SMILES string of the molecule is CC1CCCC(C(=O)N(C)C(C)(C)CO)N1. The van der Waals surface area contributed by atoms with Crippen LogP contribution in [0.2, 0.25) is 0 Å². The molecule has 2 unspecified atom stereocenters. The molecule has 1 saturated heterocycles. The summed E-state index contributed by atoms with van der Waals surface area (Å²) in [6.45, 7) is 5.84. The molecule has 2 atom stereocenters. The normalized spacial score (nSPS) is 26.6. The molecule has 1 rings (SSSR count). The Balaban J connectivity index is 2.63. The Hall–Kier alpha value is -0.610. The predicted molar refractivity (Wildman–Crippen MR) is 64.2 cm³/mol. The largest absolute Gasteiger partial charge is 0.394 e. The van der Waals surface area contributed by atoms with Gasteiger partial charge in [0, 0.05) is 13.1 Å². The van der Waals surface area contributed by atoms with E-state index in [4.69, 9.17) is 0 Å². The summed E-state index contributed by atoms with van der Waals surface area (Å²) < 4.78 is 0. The number of aliphatic hydroxyl groups excluding tert-OH is 1. The number of nitrogens with zero attached hydrogens (tertiary/aromatic N) is 1. The summed E-state index contributed by atoms with van der Waals surface area (Å²) in [5, 5.41) is 12.6. The van der Waals surface area contributed by atoms with Crippen LogP contribution in [0.3, 0.4) is 0 Å². The fourth-order valence-corrected chi connectivity index (χ4v) is 1.97. The minimum absolute atomic E-state index is 0.0164. The first kappa shape index (κ1) is 13.5. The maximum Gasteiger partial charge on any atom is 0.239 e. The number of hydrogen-bond donors (Lipinski definition) is 2. The number of carbonyl (C=O) groups excluding carboxylic acids is 1. The van der Waals surface area contributed by atoms with Gasteiger partial charge in [-0.3, -0.25) is 4.79 Å². The number of hydrogen-bond acceptors (Lipinski definition) is 3. The molecule has 94 valence electrons. The summed E-state index contributed by atoms with van der Waals surface area (Å²) in [6, 6.07) is 0.327. The van der Waals surface area contributed by atoms with Crippen LogP contribution in [0.4, 0.5) is 0 Å². The number of carbonyl (C=O) groups is 1. The van der Waals surface area contributed by atoms with Crippen molar-refractivity contribution in [2.75, 3.05) is 13.7 Å². The summed E-state index contributed by atoms with van der Waals surface area (Å²) in [4.78, 5) is 13.9. The molecule has 16 heavy (non-hydrogen) atoms. The maximum absolute atomic E-state index is 12.2. The number of nitrogens with one attached hydrogen (secondary N) is 1. The summed E-state index contributed by atoms with van der Waals surface area (Å²) in [5.74, 6) is 0.0885. The van der Waals surface area contributed by atoms with E-state index in [2.05, 4.69) is 12.2 Å². The number of aliphatic hydroxyl groups is 1. The minimum atomic E-state index is -0.487. The molecule has 1 aliphatic rings. The molecule has 0 saturated carbocycles. The lowest BCUT2D eigenvalue weighted by Crippen LogP contribution is -2.56. The molecule has 1 heterocycles. The van der Waals surface area contributed by atoms with Gasteiger partial charge < -0.3 is 15.3 Å². The van der Waals surface area contributed by atoms with E-state index in [-0.39, 0.29) is 18.6 Å². The van der Waals surface area contributed by atoms with Gasteiger partial charge in [-0.2, -0.15) is 0 Å². The average Bonchev–Trinajstić information content (AvgIpc) is 2.27. The smallest absolute Gasteiger partial charge is 0.239 e. The minimum Gasteiger partial charge on any atom is -0.394 e. The number of piperidine rings is 1. The molecule has 0 bridgehead atoms. The Morgan fingerprint density at radius 2 is 2.12 bits per heavy atom. The average molecular weight is 228 g/mol. The van der Waals surface area contributed by atoms with E-state index in [1.165, 1.54) is 0 Å². The molecular formula is C12H24N2O2. The summed E-state index contributed by atoms with van der Waals surface area (Å²) in [5.41, 5.74) is -0.487. The topological polar surface area (TPSA) is 52.6 Å². The van der Waals surface area contributed by atoms with Crippen LogP contribution in [0.1, 0.15) is 40.0 Å². The Morgan fingerprint density at radius 1 is 1.50 bits per heavy atom. The fourth-order valence-electron chi connectivity index (χ4n) is 1.97. The molecule has 0 aliphatic carbocycles. The molecule has 0 spiro atoms. The van der Waals surface area contributed by atoms with E-state index in [0.717, 1.165) is 19.3 Å². The molecule has 0 aromatic carbocycles. The lowest BCUT2D eigenvalue weighted by molar-refractivity contribution is -0.139. The Bertz CT molecular complexity index is 253. The highest BCUT2D eigenvalue weighted by Gasteiger charge is 2.33. The second kappa shape index (κ2) is 5.15. The van der Waals surface area contributed by atoms with Gasteiger partial charge in [0.05, 0.1) is 18.2 Å². The second-order valence-electron chi connectivity index (χ2n) is 5.42. The van der Waals surface area contributed by atoms with Gasteiger partial charge in [-0.15, -0.1) is 0 Å². The van der Waals surface area contributed by atoms with Crippen molar-refractivity contribution in [3.05, 3.63) is 0 Å². The first-order valence-electron chi connectivity index (χ1n) is 6.03.